The van der Waals surface area contributed by atoms with Crippen molar-refractivity contribution in [2.75, 3.05) is 6.54 Å². The number of ketones is 1. The summed E-state index contributed by atoms with van der Waals surface area (Å²) in [6, 6.07) is 13.0. The van der Waals surface area contributed by atoms with Crippen LogP contribution in [0.1, 0.15) is 22.8 Å². The molecular formula is C17H19NO3. The van der Waals surface area contributed by atoms with E-state index < -0.39 is 0 Å². The van der Waals surface area contributed by atoms with Gasteiger partial charge in [-0.25, -0.2) is 0 Å². The van der Waals surface area contributed by atoms with Gasteiger partial charge < -0.3 is 15.5 Å². The number of hydrogen-bond acceptors (Lipinski definition) is 4. The van der Waals surface area contributed by atoms with Crippen LogP contribution in [0.4, 0.5) is 0 Å². The van der Waals surface area contributed by atoms with Crippen LogP contribution in [-0.4, -0.2) is 28.6 Å². The second-order valence-corrected chi connectivity index (χ2v) is 5.00. The molecule has 0 saturated carbocycles. The highest BCUT2D eigenvalue weighted by Gasteiger charge is 2.14. The van der Waals surface area contributed by atoms with Gasteiger partial charge in [0, 0.05) is 5.56 Å². The number of carbonyl (C=O) groups is 1. The van der Waals surface area contributed by atoms with Gasteiger partial charge in [-0.05, 0) is 61.9 Å². The second-order valence-electron chi connectivity index (χ2n) is 5.00. The van der Waals surface area contributed by atoms with Gasteiger partial charge in [-0.1, -0.05) is 12.1 Å². The van der Waals surface area contributed by atoms with Crippen LogP contribution in [0.5, 0.6) is 11.5 Å². The predicted octanol–water partition coefficient (Wildman–Crippen LogP) is 2.50. The van der Waals surface area contributed by atoms with Crippen LogP contribution in [-0.2, 0) is 6.42 Å². The standard InChI is InChI=1S/C17H19NO3/c1-12(17(21)14-4-8-16(20)9-5-14)18-11-10-13-2-6-15(19)7-3-13/h2-9,12,18-20H,10-11H2,1H3. The molecule has 110 valence electrons. The van der Waals surface area contributed by atoms with Crippen molar-refractivity contribution in [3.63, 3.8) is 0 Å². The van der Waals surface area contributed by atoms with Gasteiger partial charge in [-0.15, -0.1) is 0 Å². The molecule has 2 aromatic rings. The number of phenols is 2. The summed E-state index contributed by atoms with van der Waals surface area (Å²) in [5, 5.41) is 21.6. The minimum atomic E-state index is -0.286. The Hall–Kier alpha value is -2.33. The molecular weight excluding hydrogens is 266 g/mol. The molecule has 0 saturated heterocycles. The quantitative estimate of drug-likeness (QED) is 0.713. The van der Waals surface area contributed by atoms with Gasteiger partial charge in [0.25, 0.3) is 0 Å². The van der Waals surface area contributed by atoms with Gasteiger partial charge in [-0.2, -0.15) is 0 Å². The first-order valence-electron chi connectivity index (χ1n) is 6.91. The molecule has 0 amide bonds. The predicted molar refractivity (Wildman–Crippen MR) is 81.7 cm³/mol. The van der Waals surface area contributed by atoms with Gasteiger partial charge in [0.1, 0.15) is 11.5 Å². The summed E-state index contributed by atoms with van der Waals surface area (Å²) >= 11 is 0. The van der Waals surface area contributed by atoms with Crippen molar-refractivity contribution in [2.45, 2.75) is 19.4 Å². The maximum atomic E-state index is 12.2. The molecule has 0 aliphatic heterocycles. The van der Waals surface area contributed by atoms with Crippen LogP contribution >= 0.6 is 0 Å². The van der Waals surface area contributed by atoms with E-state index in [0.717, 1.165) is 12.0 Å². The first kappa shape index (κ1) is 15.1. The largest absolute Gasteiger partial charge is 0.508 e. The Morgan fingerprint density at radius 2 is 1.52 bits per heavy atom. The molecule has 0 spiro atoms. The molecule has 1 unspecified atom stereocenters. The highest BCUT2D eigenvalue weighted by molar-refractivity contribution is 5.99. The highest BCUT2D eigenvalue weighted by atomic mass is 16.3. The summed E-state index contributed by atoms with van der Waals surface area (Å²) in [4.78, 5) is 12.2. The Balaban J connectivity index is 1.83. The molecule has 0 fully saturated rings. The first-order chi connectivity index (χ1) is 10.1. The molecule has 0 aliphatic carbocycles. The molecule has 1 atom stereocenters. The zero-order chi connectivity index (χ0) is 15.2. The molecule has 0 bridgehead atoms. The molecule has 4 nitrogen and oxygen atoms in total. The molecule has 0 aliphatic rings. The molecule has 4 heteroatoms. The monoisotopic (exact) mass is 285 g/mol. The van der Waals surface area contributed by atoms with Crippen LogP contribution in [0, 0.1) is 0 Å². The fourth-order valence-electron chi connectivity index (χ4n) is 2.06. The van der Waals surface area contributed by atoms with Crippen molar-refractivity contribution in [2.24, 2.45) is 0 Å². The normalized spacial score (nSPS) is 12.0. The zero-order valence-corrected chi connectivity index (χ0v) is 11.9. The van der Waals surface area contributed by atoms with E-state index in [9.17, 15) is 15.0 Å². The summed E-state index contributed by atoms with van der Waals surface area (Å²) in [6.07, 6.45) is 0.785. The number of phenolic OH excluding ortho intramolecular Hbond substituents is 2. The number of hydrogen-bond donors (Lipinski definition) is 3. The molecule has 21 heavy (non-hydrogen) atoms. The third-order valence-electron chi connectivity index (χ3n) is 3.35. The SMILES string of the molecule is CC(NCCc1ccc(O)cc1)C(=O)c1ccc(O)cc1. The van der Waals surface area contributed by atoms with Crippen molar-refractivity contribution in [3.05, 3.63) is 59.7 Å². The maximum absolute atomic E-state index is 12.2. The Morgan fingerprint density at radius 3 is 2.10 bits per heavy atom. The van der Waals surface area contributed by atoms with E-state index in [1.54, 1.807) is 24.3 Å². The van der Waals surface area contributed by atoms with Gasteiger partial charge in [-0.3, -0.25) is 4.79 Å². The van der Waals surface area contributed by atoms with Crippen LogP contribution in [0.3, 0.4) is 0 Å². The third kappa shape index (κ3) is 4.33. The average molecular weight is 285 g/mol. The smallest absolute Gasteiger partial charge is 0.179 e. The maximum Gasteiger partial charge on any atom is 0.179 e. The van der Waals surface area contributed by atoms with E-state index in [0.29, 0.717) is 12.1 Å². The molecule has 0 radical (unpaired) electrons. The molecule has 3 N–H and O–H groups in total. The average Bonchev–Trinajstić information content (AvgIpc) is 2.49. The van der Waals surface area contributed by atoms with Crippen molar-refractivity contribution in [1.29, 1.82) is 0 Å². The lowest BCUT2D eigenvalue weighted by molar-refractivity contribution is 0.0951. The summed E-state index contributed by atoms with van der Waals surface area (Å²) in [6.45, 7) is 2.50. The zero-order valence-electron chi connectivity index (χ0n) is 11.9. The lowest BCUT2D eigenvalue weighted by atomic mass is 10.0. The number of Topliss-reactive ketones (excluding diaryl/α,β-unsaturated/α-hetero) is 1. The van der Waals surface area contributed by atoms with E-state index in [2.05, 4.69) is 5.32 Å². The number of carbonyl (C=O) groups excluding carboxylic acids is 1. The minimum Gasteiger partial charge on any atom is -0.508 e. The Bertz CT molecular complexity index is 590. The topological polar surface area (TPSA) is 69.6 Å². The van der Waals surface area contributed by atoms with Gasteiger partial charge >= 0.3 is 0 Å². The van der Waals surface area contributed by atoms with E-state index in [1.165, 1.54) is 12.1 Å². The fraction of sp³-hybridized carbons (Fsp3) is 0.235. The minimum absolute atomic E-state index is 0.000654. The molecule has 0 heterocycles. The number of aromatic hydroxyl groups is 2. The van der Waals surface area contributed by atoms with Gasteiger partial charge in [0.05, 0.1) is 6.04 Å². The van der Waals surface area contributed by atoms with Crippen molar-refractivity contribution in [1.82, 2.24) is 5.32 Å². The Kier molecular flexibility index (Phi) is 4.95. The third-order valence-corrected chi connectivity index (χ3v) is 3.35. The van der Waals surface area contributed by atoms with Crippen molar-refractivity contribution in [3.8, 4) is 11.5 Å². The van der Waals surface area contributed by atoms with Crippen molar-refractivity contribution >= 4 is 5.78 Å². The van der Waals surface area contributed by atoms with Crippen LogP contribution in [0.25, 0.3) is 0 Å². The van der Waals surface area contributed by atoms with Crippen LogP contribution in [0.2, 0.25) is 0 Å². The van der Waals surface area contributed by atoms with E-state index in [-0.39, 0.29) is 23.3 Å². The van der Waals surface area contributed by atoms with E-state index in [1.807, 2.05) is 19.1 Å². The van der Waals surface area contributed by atoms with E-state index in [4.69, 9.17) is 0 Å². The lowest BCUT2D eigenvalue weighted by Gasteiger charge is -2.13. The number of rotatable bonds is 6. The summed E-state index contributed by atoms with van der Waals surface area (Å²) < 4.78 is 0. The highest BCUT2D eigenvalue weighted by Crippen LogP contribution is 2.12. The summed E-state index contributed by atoms with van der Waals surface area (Å²) in [5.41, 5.74) is 1.68. The Labute approximate surface area is 124 Å². The lowest BCUT2D eigenvalue weighted by Crippen LogP contribution is -2.35. The molecule has 2 rings (SSSR count). The number of nitrogens with one attached hydrogen (secondary N) is 1. The van der Waals surface area contributed by atoms with Crippen molar-refractivity contribution < 1.29 is 15.0 Å². The van der Waals surface area contributed by atoms with E-state index >= 15 is 0 Å². The number of benzene rings is 2. The first-order valence-corrected chi connectivity index (χ1v) is 6.91. The molecule has 0 aromatic heterocycles. The summed E-state index contributed by atoms with van der Waals surface area (Å²) in [5.74, 6) is 0.405. The van der Waals surface area contributed by atoms with Gasteiger partial charge in [0.2, 0.25) is 0 Å². The summed E-state index contributed by atoms with van der Waals surface area (Å²) in [7, 11) is 0. The Morgan fingerprint density at radius 1 is 1.00 bits per heavy atom. The second kappa shape index (κ2) is 6.90. The van der Waals surface area contributed by atoms with Gasteiger partial charge in [0.15, 0.2) is 5.78 Å². The van der Waals surface area contributed by atoms with Crippen LogP contribution < -0.4 is 5.32 Å². The fourth-order valence-corrected chi connectivity index (χ4v) is 2.06. The van der Waals surface area contributed by atoms with Crippen LogP contribution in [0.15, 0.2) is 48.5 Å². The molecule has 2 aromatic carbocycles.